The number of hydrogen-bond acceptors (Lipinski definition) is 3. The topological polar surface area (TPSA) is 85.0 Å². The van der Waals surface area contributed by atoms with E-state index in [1.165, 1.54) is 19.3 Å². The molecule has 0 radical (unpaired) electrons. The highest BCUT2D eigenvalue weighted by molar-refractivity contribution is 6.30. The molecule has 9 heteroatoms. The van der Waals surface area contributed by atoms with Crippen molar-refractivity contribution in [1.82, 2.24) is 15.1 Å². The smallest absolute Gasteiger partial charge is 0.319 e. The summed E-state index contributed by atoms with van der Waals surface area (Å²) in [6.45, 7) is 0.564. The lowest BCUT2D eigenvalue weighted by atomic mass is 9.89. The van der Waals surface area contributed by atoms with Gasteiger partial charge in [-0.3, -0.25) is 0 Å². The molecule has 2 aromatic carbocycles. The van der Waals surface area contributed by atoms with Crippen LogP contribution in [-0.2, 0) is 0 Å². The van der Waals surface area contributed by atoms with Crippen LogP contribution >= 0.6 is 11.6 Å². The molecule has 0 atom stereocenters. The number of nitrogens with two attached hydrogens (primary N) is 1. The van der Waals surface area contributed by atoms with Crippen molar-refractivity contribution >= 4 is 29.1 Å². The average Bonchev–Trinajstić information content (AvgIpc) is 3.11. The Balaban J connectivity index is 1.66. The molecule has 1 heterocycles. The SMILES string of the molecule is Nc1c(NC(=O)NCC2CCCCC2)c(-c2ccc(Cl)cc2)nn1-c1cc(F)ccc1F. The van der Waals surface area contributed by atoms with Crippen molar-refractivity contribution in [3.05, 3.63) is 59.1 Å². The fourth-order valence-corrected chi connectivity index (χ4v) is 4.11. The Bertz CT molecular complexity index is 1110. The van der Waals surface area contributed by atoms with Crippen LogP contribution < -0.4 is 16.4 Å². The van der Waals surface area contributed by atoms with Crippen molar-refractivity contribution in [2.24, 2.45) is 5.92 Å². The van der Waals surface area contributed by atoms with Crippen molar-refractivity contribution in [2.75, 3.05) is 17.6 Å². The lowest BCUT2D eigenvalue weighted by Gasteiger charge is -2.21. The number of aromatic nitrogens is 2. The third-order valence-electron chi connectivity index (χ3n) is 5.69. The second kappa shape index (κ2) is 9.56. The second-order valence-corrected chi connectivity index (χ2v) is 8.40. The number of hydrogen-bond donors (Lipinski definition) is 3. The summed E-state index contributed by atoms with van der Waals surface area (Å²) in [6.07, 6.45) is 5.77. The average molecular weight is 460 g/mol. The summed E-state index contributed by atoms with van der Waals surface area (Å²) in [5.74, 6) is -0.903. The third kappa shape index (κ3) is 4.85. The molecule has 3 aromatic rings. The third-order valence-corrected chi connectivity index (χ3v) is 5.94. The number of nitrogen functional groups attached to an aromatic ring is 1. The molecule has 0 spiro atoms. The van der Waals surface area contributed by atoms with Crippen LogP contribution in [0.15, 0.2) is 42.5 Å². The van der Waals surface area contributed by atoms with E-state index in [-0.39, 0.29) is 17.2 Å². The summed E-state index contributed by atoms with van der Waals surface area (Å²) in [4.78, 5) is 12.6. The summed E-state index contributed by atoms with van der Waals surface area (Å²) < 4.78 is 29.3. The van der Waals surface area contributed by atoms with E-state index in [9.17, 15) is 13.6 Å². The Labute approximate surface area is 189 Å². The zero-order valence-electron chi connectivity index (χ0n) is 17.4. The molecule has 32 heavy (non-hydrogen) atoms. The van der Waals surface area contributed by atoms with Gasteiger partial charge in [0, 0.05) is 23.2 Å². The molecule has 1 fully saturated rings. The van der Waals surface area contributed by atoms with Crippen LogP contribution in [0, 0.1) is 17.6 Å². The van der Waals surface area contributed by atoms with Gasteiger partial charge in [0.25, 0.3) is 0 Å². The van der Waals surface area contributed by atoms with Crippen LogP contribution in [0.4, 0.5) is 25.1 Å². The number of rotatable bonds is 5. The number of nitrogens with one attached hydrogen (secondary N) is 2. The number of urea groups is 1. The van der Waals surface area contributed by atoms with Crippen LogP contribution in [0.1, 0.15) is 32.1 Å². The highest BCUT2D eigenvalue weighted by atomic mass is 35.5. The summed E-state index contributed by atoms with van der Waals surface area (Å²) in [6, 6.07) is 9.33. The van der Waals surface area contributed by atoms with E-state index in [2.05, 4.69) is 15.7 Å². The molecule has 1 saturated carbocycles. The van der Waals surface area contributed by atoms with Crippen LogP contribution in [-0.4, -0.2) is 22.4 Å². The van der Waals surface area contributed by atoms with Crippen LogP contribution in [0.2, 0.25) is 5.02 Å². The summed E-state index contributed by atoms with van der Waals surface area (Å²) in [7, 11) is 0. The predicted molar refractivity (Wildman–Crippen MR) is 122 cm³/mol. The molecule has 0 aliphatic heterocycles. The maximum atomic E-state index is 14.4. The minimum Gasteiger partial charge on any atom is -0.382 e. The van der Waals surface area contributed by atoms with E-state index < -0.39 is 17.7 Å². The van der Waals surface area contributed by atoms with Gasteiger partial charge in [0.15, 0.2) is 5.82 Å². The lowest BCUT2D eigenvalue weighted by molar-refractivity contribution is 0.247. The first-order chi connectivity index (χ1) is 15.4. The maximum Gasteiger partial charge on any atom is 0.319 e. The molecule has 0 saturated heterocycles. The fraction of sp³-hybridized carbons (Fsp3) is 0.304. The number of nitrogens with zero attached hydrogens (tertiary/aromatic N) is 2. The molecule has 0 unspecified atom stereocenters. The Kier molecular flexibility index (Phi) is 6.60. The molecule has 1 aliphatic carbocycles. The van der Waals surface area contributed by atoms with Gasteiger partial charge in [-0.1, -0.05) is 43.0 Å². The molecule has 4 N–H and O–H groups in total. The number of halogens is 3. The van der Waals surface area contributed by atoms with Crippen molar-refractivity contribution in [3.8, 4) is 16.9 Å². The van der Waals surface area contributed by atoms with Gasteiger partial charge in [0.05, 0.1) is 0 Å². The second-order valence-electron chi connectivity index (χ2n) is 7.96. The van der Waals surface area contributed by atoms with Gasteiger partial charge >= 0.3 is 6.03 Å². The molecule has 6 nitrogen and oxygen atoms in total. The number of carbonyl (C=O) groups is 1. The summed E-state index contributed by atoms with van der Waals surface area (Å²) in [5, 5.41) is 10.5. The first kappa shape index (κ1) is 22.1. The van der Waals surface area contributed by atoms with Gasteiger partial charge in [-0.25, -0.2) is 18.3 Å². The largest absolute Gasteiger partial charge is 0.382 e. The van der Waals surface area contributed by atoms with E-state index in [1.54, 1.807) is 24.3 Å². The number of carbonyl (C=O) groups excluding carboxylic acids is 1. The van der Waals surface area contributed by atoms with Gasteiger partial charge in [-0.05, 0) is 43.0 Å². The van der Waals surface area contributed by atoms with Crippen LogP contribution in [0.25, 0.3) is 16.9 Å². The van der Waals surface area contributed by atoms with E-state index in [0.717, 1.165) is 35.7 Å². The number of amides is 2. The minimum absolute atomic E-state index is 0.0210. The summed E-state index contributed by atoms with van der Waals surface area (Å²) >= 11 is 5.99. The van der Waals surface area contributed by atoms with Crippen molar-refractivity contribution in [2.45, 2.75) is 32.1 Å². The minimum atomic E-state index is -0.698. The van der Waals surface area contributed by atoms with Gasteiger partial charge in [0.2, 0.25) is 0 Å². The van der Waals surface area contributed by atoms with Gasteiger partial charge in [0.1, 0.15) is 28.7 Å². The lowest BCUT2D eigenvalue weighted by Crippen LogP contribution is -2.34. The van der Waals surface area contributed by atoms with Gasteiger partial charge in [-0.2, -0.15) is 5.10 Å². The quantitative estimate of drug-likeness (QED) is 0.453. The maximum absolute atomic E-state index is 14.4. The van der Waals surface area contributed by atoms with E-state index in [1.807, 2.05) is 0 Å². The molecule has 2 amide bonds. The fourth-order valence-electron chi connectivity index (χ4n) is 3.98. The highest BCUT2D eigenvalue weighted by Gasteiger charge is 2.23. The van der Waals surface area contributed by atoms with Gasteiger partial charge in [-0.15, -0.1) is 0 Å². The normalized spacial score (nSPS) is 14.3. The highest BCUT2D eigenvalue weighted by Crippen LogP contribution is 2.35. The van der Waals surface area contributed by atoms with Crippen molar-refractivity contribution in [3.63, 3.8) is 0 Å². The molecular weight excluding hydrogens is 436 g/mol. The monoisotopic (exact) mass is 459 g/mol. The molecule has 4 rings (SSSR count). The Morgan fingerprint density at radius 1 is 1.12 bits per heavy atom. The standard InChI is InChI=1S/C23H24ClF2N5O/c24-16-8-6-15(7-9-16)20-21(29-23(32)28-13-14-4-2-1-3-5-14)22(27)31(30-20)19-12-17(25)10-11-18(19)26/h6-12,14H,1-5,13,27H2,(H2,28,29,32). The van der Waals surface area contributed by atoms with Crippen molar-refractivity contribution in [1.29, 1.82) is 0 Å². The molecule has 1 aromatic heterocycles. The Hall–Kier alpha value is -3.13. The molecular formula is C23H24ClF2N5O. The zero-order valence-corrected chi connectivity index (χ0v) is 18.1. The first-order valence-corrected chi connectivity index (χ1v) is 10.9. The van der Waals surface area contributed by atoms with Gasteiger partial charge < -0.3 is 16.4 Å². The molecule has 168 valence electrons. The van der Waals surface area contributed by atoms with Crippen LogP contribution in [0.3, 0.4) is 0 Å². The van der Waals surface area contributed by atoms with E-state index >= 15 is 0 Å². The predicted octanol–water partition coefficient (Wildman–Crippen LogP) is 5.75. The Morgan fingerprint density at radius 3 is 2.56 bits per heavy atom. The molecule has 1 aliphatic rings. The number of benzene rings is 2. The first-order valence-electron chi connectivity index (χ1n) is 10.6. The van der Waals surface area contributed by atoms with Crippen LogP contribution in [0.5, 0.6) is 0 Å². The van der Waals surface area contributed by atoms with E-state index in [4.69, 9.17) is 17.3 Å². The number of anilines is 2. The van der Waals surface area contributed by atoms with Crippen molar-refractivity contribution < 1.29 is 13.6 Å². The molecule has 0 bridgehead atoms. The summed E-state index contributed by atoms with van der Waals surface area (Å²) in [5.41, 5.74) is 7.22. The van der Waals surface area contributed by atoms with E-state index in [0.29, 0.717) is 28.7 Å². The Morgan fingerprint density at radius 2 is 1.84 bits per heavy atom. The zero-order chi connectivity index (χ0) is 22.7.